The van der Waals surface area contributed by atoms with Gasteiger partial charge in [0.1, 0.15) is 12.4 Å². The standard InChI is InChI=1S/C24H22BrClN4O3S/c1-31-20-10-6-4-8-17(20)23-28-29-24(34)30(23)27-13-15-11-18(25)22(21(12-15)32-2)33-14-16-7-3-5-9-19(16)26/h3-12,27H,13-14H2,1-2H3,(H,29,34). The zero-order valence-electron chi connectivity index (χ0n) is 18.5. The van der Waals surface area contributed by atoms with E-state index in [1.54, 1.807) is 18.9 Å². The zero-order chi connectivity index (χ0) is 24.1. The molecule has 0 radical (unpaired) electrons. The normalized spacial score (nSPS) is 10.7. The monoisotopic (exact) mass is 560 g/mol. The van der Waals surface area contributed by atoms with Gasteiger partial charge >= 0.3 is 0 Å². The van der Waals surface area contributed by atoms with E-state index in [0.29, 0.717) is 46.0 Å². The number of aromatic amines is 1. The van der Waals surface area contributed by atoms with Gasteiger partial charge in [-0.1, -0.05) is 41.9 Å². The molecule has 2 N–H and O–H groups in total. The van der Waals surface area contributed by atoms with Gasteiger partial charge in [0.25, 0.3) is 0 Å². The number of halogens is 2. The summed E-state index contributed by atoms with van der Waals surface area (Å²) in [4.78, 5) is 0. The number of benzene rings is 3. The van der Waals surface area contributed by atoms with Gasteiger partial charge in [-0.05, 0) is 64.0 Å². The van der Waals surface area contributed by atoms with Crippen LogP contribution in [0.4, 0.5) is 0 Å². The maximum atomic E-state index is 6.25. The molecule has 0 saturated heterocycles. The van der Waals surface area contributed by atoms with Crippen molar-refractivity contribution < 1.29 is 14.2 Å². The lowest BCUT2D eigenvalue weighted by molar-refractivity contribution is 0.282. The van der Waals surface area contributed by atoms with Crippen molar-refractivity contribution in [2.45, 2.75) is 13.2 Å². The largest absolute Gasteiger partial charge is 0.496 e. The number of methoxy groups -OCH3 is 2. The first-order valence-corrected chi connectivity index (χ1v) is 11.9. The SMILES string of the molecule is COc1ccccc1-c1n[nH]c(=S)n1NCc1cc(Br)c(OCc2ccccc2Cl)c(OC)c1. The van der Waals surface area contributed by atoms with Crippen LogP contribution in [0.2, 0.25) is 5.02 Å². The molecule has 1 heterocycles. The van der Waals surface area contributed by atoms with E-state index in [0.717, 1.165) is 21.2 Å². The lowest BCUT2D eigenvalue weighted by Crippen LogP contribution is -2.16. The quantitative estimate of drug-likeness (QED) is 0.232. The van der Waals surface area contributed by atoms with Crippen LogP contribution >= 0.6 is 39.7 Å². The number of hydrogen-bond donors (Lipinski definition) is 2. The van der Waals surface area contributed by atoms with Crippen LogP contribution in [-0.4, -0.2) is 29.1 Å². The fourth-order valence-corrected chi connectivity index (χ4v) is 4.40. The number of ether oxygens (including phenoxy) is 3. The summed E-state index contributed by atoms with van der Waals surface area (Å²) in [5.41, 5.74) is 5.97. The van der Waals surface area contributed by atoms with Gasteiger partial charge in [0.05, 0.1) is 30.8 Å². The lowest BCUT2D eigenvalue weighted by atomic mass is 10.2. The van der Waals surface area contributed by atoms with Crippen molar-refractivity contribution in [3.63, 3.8) is 0 Å². The number of para-hydroxylation sites is 1. The maximum Gasteiger partial charge on any atom is 0.214 e. The zero-order valence-corrected chi connectivity index (χ0v) is 21.6. The van der Waals surface area contributed by atoms with Gasteiger partial charge in [0.15, 0.2) is 17.3 Å². The topological polar surface area (TPSA) is 73.3 Å². The average Bonchev–Trinajstić information content (AvgIpc) is 3.22. The highest BCUT2D eigenvalue weighted by Crippen LogP contribution is 2.37. The number of aromatic nitrogens is 3. The molecule has 4 rings (SSSR count). The molecule has 176 valence electrons. The minimum absolute atomic E-state index is 0.318. The molecule has 0 bridgehead atoms. The summed E-state index contributed by atoms with van der Waals surface area (Å²) in [6.07, 6.45) is 0. The van der Waals surface area contributed by atoms with Gasteiger partial charge in [-0.2, -0.15) is 5.10 Å². The van der Waals surface area contributed by atoms with Gasteiger partial charge in [-0.3, -0.25) is 0 Å². The second-order valence-corrected chi connectivity index (χ2v) is 8.86. The molecule has 34 heavy (non-hydrogen) atoms. The lowest BCUT2D eigenvalue weighted by Gasteiger charge is -2.16. The second kappa shape index (κ2) is 10.9. The molecule has 4 aromatic rings. The third-order valence-corrected chi connectivity index (χ3v) is 6.31. The molecular formula is C24H22BrClN4O3S. The molecule has 0 saturated carbocycles. The summed E-state index contributed by atoms with van der Waals surface area (Å²) < 4.78 is 20.0. The van der Waals surface area contributed by atoms with E-state index in [4.69, 9.17) is 38.0 Å². The minimum atomic E-state index is 0.318. The van der Waals surface area contributed by atoms with E-state index >= 15 is 0 Å². The van der Waals surface area contributed by atoms with Gasteiger partial charge < -0.3 is 19.6 Å². The van der Waals surface area contributed by atoms with Crippen LogP contribution in [0, 0.1) is 4.77 Å². The van der Waals surface area contributed by atoms with Crippen molar-refractivity contribution in [2.24, 2.45) is 0 Å². The van der Waals surface area contributed by atoms with Gasteiger partial charge in [-0.15, -0.1) is 0 Å². The smallest absolute Gasteiger partial charge is 0.214 e. The van der Waals surface area contributed by atoms with Crippen molar-refractivity contribution in [1.29, 1.82) is 0 Å². The fraction of sp³-hybridized carbons (Fsp3) is 0.167. The molecule has 0 fully saturated rings. The van der Waals surface area contributed by atoms with Crippen LogP contribution in [0.1, 0.15) is 11.1 Å². The first kappa shape index (κ1) is 24.1. The molecule has 0 atom stereocenters. The Balaban J connectivity index is 1.55. The fourth-order valence-electron chi connectivity index (χ4n) is 3.40. The number of nitrogens with zero attached hydrogens (tertiary/aromatic N) is 2. The van der Waals surface area contributed by atoms with Crippen LogP contribution < -0.4 is 19.6 Å². The van der Waals surface area contributed by atoms with E-state index in [1.165, 1.54) is 0 Å². The molecule has 0 spiro atoms. The minimum Gasteiger partial charge on any atom is -0.496 e. The summed E-state index contributed by atoms with van der Waals surface area (Å²) in [7, 11) is 3.23. The predicted octanol–water partition coefficient (Wildman–Crippen LogP) is 6.36. The maximum absolute atomic E-state index is 6.25. The molecule has 0 unspecified atom stereocenters. The summed E-state index contributed by atoms with van der Waals surface area (Å²) in [5.74, 6) is 2.51. The Morgan fingerprint density at radius 3 is 2.56 bits per heavy atom. The van der Waals surface area contributed by atoms with Crippen LogP contribution in [0.15, 0.2) is 65.1 Å². The van der Waals surface area contributed by atoms with Gasteiger partial charge in [-0.25, -0.2) is 9.77 Å². The van der Waals surface area contributed by atoms with Crippen molar-refractivity contribution >= 4 is 39.7 Å². The second-order valence-electron chi connectivity index (χ2n) is 7.21. The number of hydrogen-bond acceptors (Lipinski definition) is 6. The first-order chi connectivity index (χ1) is 16.5. The number of H-pyrrole nitrogens is 1. The third-order valence-electron chi connectivity index (χ3n) is 5.08. The van der Waals surface area contributed by atoms with Crippen molar-refractivity contribution in [1.82, 2.24) is 14.9 Å². The van der Waals surface area contributed by atoms with Crippen LogP contribution in [0.3, 0.4) is 0 Å². The molecule has 0 aliphatic rings. The molecule has 7 nitrogen and oxygen atoms in total. The molecule has 3 aromatic carbocycles. The highest BCUT2D eigenvalue weighted by atomic mass is 79.9. The highest BCUT2D eigenvalue weighted by molar-refractivity contribution is 9.10. The molecule has 1 aromatic heterocycles. The summed E-state index contributed by atoms with van der Waals surface area (Å²) >= 11 is 15.3. The third kappa shape index (κ3) is 5.22. The van der Waals surface area contributed by atoms with Gasteiger partial charge in [0, 0.05) is 10.6 Å². The number of rotatable bonds is 9. The van der Waals surface area contributed by atoms with Crippen molar-refractivity contribution in [2.75, 3.05) is 19.6 Å². The van der Waals surface area contributed by atoms with Gasteiger partial charge in [0.2, 0.25) is 4.77 Å². The van der Waals surface area contributed by atoms with E-state index in [-0.39, 0.29) is 0 Å². The van der Waals surface area contributed by atoms with E-state index in [2.05, 4.69) is 31.6 Å². The Kier molecular flexibility index (Phi) is 7.77. The molecule has 0 aliphatic heterocycles. The first-order valence-electron chi connectivity index (χ1n) is 10.3. The Morgan fingerprint density at radius 1 is 1.06 bits per heavy atom. The molecular weight excluding hydrogens is 540 g/mol. The van der Waals surface area contributed by atoms with E-state index < -0.39 is 0 Å². The Morgan fingerprint density at radius 2 is 1.79 bits per heavy atom. The van der Waals surface area contributed by atoms with Crippen molar-refractivity contribution in [3.05, 3.63) is 86.1 Å². The van der Waals surface area contributed by atoms with Crippen molar-refractivity contribution in [3.8, 4) is 28.6 Å². The van der Waals surface area contributed by atoms with Crippen LogP contribution in [0.5, 0.6) is 17.2 Å². The summed E-state index contributed by atoms with van der Waals surface area (Å²) in [5, 5.41) is 7.86. The average molecular weight is 562 g/mol. The van der Waals surface area contributed by atoms with E-state index in [9.17, 15) is 0 Å². The summed E-state index contributed by atoms with van der Waals surface area (Å²) in [6, 6.07) is 19.1. The highest BCUT2D eigenvalue weighted by Gasteiger charge is 2.16. The molecule has 0 aliphatic carbocycles. The predicted molar refractivity (Wildman–Crippen MR) is 139 cm³/mol. The molecule has 10 heteroatoms. The Hall–Kier alpha value is -3.01. The summed E-state index contributed by atoms with van der Waals surface area (Å²) in [6.45, 7) is 0.772. The number of nitrogens with one attached hydrogen (secondary N) is 2. The van der Waals surface area contributed by atoms with Crippen LogP contribution in [-0.2, 0) is 13.2 Å². The Bertz CT molecular complexity index is 1360. The van der Waals surface area contributed by atoms with E-state index in [1.807, 2.05) is 60.7 Å². The van der Waals surface area contributed by atoms with Crippen LogP contribution in [0.25, 0.3) is 11.4 Å². The molecule has 0 amide bonds. The Labute approximate surface area is 215 Å².